The van der Waals surface area contributed by atoms with Crippen LogP contribution >= 0.6 is 0 Å². The van der Waals surface area contributed by atoms with Crippen LogP contribution in [0.2, 0.25) is 0 Å². The van der Waals surface area contributed by atoms with Gasteiger partial charge in [0.2, 0.25) is 6.41 Å². The molecule has 1 rings (SSSR count). The van der Waals surface area contributed by atoms with Crippen molar-refractivity contribution in [3.63, 3.8) is 0 Å². The van der Waals surface area contributed by atoms with Gasteiger partial charge in [-0.05, 0) is 40.8 Å². The van der Waals surface area contributed by atoms with E-state index in [4.69, 9.17) is 4.74 Å². The zero-order valence-electron chi connectivity index (χ0n) is 9.58. The van der Waals surface area contributed by atoms with Crippen molar-refractivity contribution < 1.29 is 9.84 Å². The Morgan fingerprint density at radius 3 is 2.57 bits per heavy atom. The van der Waals surface area contributed by atoms with E-state index in [1.54, 1.807) is 0 Å². The first-order valence-corrected chi connectivity index (χ1v) is 5.17. The predicted molar refractivity (Wildman–Crippen MR) is 55.9 cm³/mol. The van der Waals surface area contributed by atoms with Crippen LogP contribution in [0, 0.1) is 0 Å². The molecule has 1 fully saturated rings. The molecule has 4 nitrogen and oxygen atoms in total. The van der Waals surface area contributed by atoms with E-state index >= 15 is 0 Å². The van der Waals surface area contributed by atoms with E-state index in [-0.39, 0.29) is 5.60 Å². The van der Waals surface area contributed by atoms with Crippen molar-refractivity contribution in [3.8, 4) is 0 Å². The molecular weight excluding hydrogens is 180 g/mol. The topological polar surface area (TPSA) is 44.7 Å². The predicted octanol–water partition coefficient (Wildman–Crippen LogP) is 0.371. The lowest BCUT2D eigenvalue weighted by Crippen LogP contribution is -2.44. The van der Waals surface area contributed by atoms with Crippen molar-refractivity contribution in [2.45, 2.75) is 45.2 Å². The van der Waals surface area contributed by atoms with Crippen LogP contribution in [-0.2, 0) is 4.74 Å². The number of nitrogens with one attached hydrogen (secondary N) is 1. The van der Waals surface area contributed by atoms with E-state index in [1.165, 1.54) is 0 Å². The number of hydrogen-bond acceptors (Lipinski definition) is 4. The third-order valence-electron chi connectivity index (χ3n) is 2.23. The highest BCUT2D eigenvalue weighted by Gasteiger charge is 2.23. The van der Waals surface area contributed by atoms with Crippen LogP contribution in [0.15, 0.2) is 0 Å². The number of hydrogen-bond donors (Lipinski definition) is 2. The Kier molecular flexibility index (Phi) is 3.89. The van der Waals surface area contributed by atoms with Crippen LogP contribution in [0.25, 0.3) is 0 Å². The van der Waals surface area contributed by atoms with Gasteiger partial charge in [0.1, 0.15) is 0 Å². The van der Waals surface area contributed by atoms with Gasteiger partial charge in [0.05, 0.1) is 5.60 Å². The minimum Gasteiger partial charge on any atom is -0.356 e. The molecule has 0 aromatic carbocycles. The molecule has 0 aromatic rings. The fourth-order valence-electron chi connectivity index (χ4n) is 1.64. The third kappa shape index (κ3) is 4.37. The molecule has 2 N–H and O–H groups in total. The molecule has 0 spiro atoms. The Morgan fingerprint density at radius 2 is 2.14 bits per heavy atom. The highest BCUT2D eigenvalue weighted by molar-refractivity contribution is 4.78. The largest absolute Gasteiger partial charge is 0.356 e. The second-order valence-electron chi connectivity index (χ2n) is 5.00. The number of aliphatic hydroxyl groups excluding tert-OH is 1. The summed E-state index contributed by atoms with van der Waals surface area (Å²) in [6, 6.07) is 0.345. The fraction of sp³-hybridized carbons (Fsp3) is 1.00. The summed E-state index contributed by atoms with van der Waals surface area (Å²) < 4.78 is 5.36. The number of aliphatic hydroxyl groups is 1. The number of ether oxygens (including phenoxy) is 1. The van der Waals surface area contributed by atoms with Crippen molar-refractivity contribution in [2.75, 3.05) is 20.1 Å². The maximum Gasteiger partial charge on any atom is 0.214 e. The summed E-state index contributed by atoms with van der Waals surface area (Å²) in [4.78, 5) is 2.24. The minimum atomic E-state index is -0.855. The van der Waals surface area contributed by atoms with Gasteiger partial charge in [-0.3, -0.25) is 5.32 Å². The van der Waals surface area contributed by atoms with Gasteiger partial charge in [0, 0.05) is 12.6 Å². The van der Waals surface area contributed by atoms with Crippen LogP contribution in [0.3, 0.4) is 0 Å². The van der Waals surface area contributed by atoms with Gasteiger partial charge in [0.15, 0.2) is 0 Å². The Morgan fingerprint density at radius 1 is 1.50 bits per heavy atom. The summed E-state index contributed by atoms with van der Waals surface area (Å²) in [5.74, 6) is 0. The maximum atomic E-state index is 9.58. The van der Waals surface area contributed by atoms with Gasteiger partial charge < -0.3 is 14.7 Å². The number of nitrogens with zero attached hydrogens (tertiary/aromatic N) is 1. The lowest BCUT2D eigenvalue weighted by atomic mass is 10.2. The van der Waals surface area contributed by atoms with Crippen LogP contribution < -0.4 is 5.32 Å². The Balaban J connectivity index is 2.24. The average Bonchev–Trinajstić information content (AvgIpc) is 2.30. The maximum absolute atomic E-state index is 9.58. The normalized spacial score (nSPS) is 26.8. The van der Waals surface area contributed by atoms with Crippen molar-refractivity contribution in [3.05, 3.63) is 0 Å². The number of likely N-dealkylation sites (tertiary alicyclic amines) is 1. The first-order valence-electron chi connectivity index (χ1n) is 5.17. The monoisotopic (exact) mass is 202 g/mol. The van der Waals surface area contributed by atoms with Crippen LogP contribution in [0.1, 0.15) is 27.2 Å². The first kappa shape index (κ1) is 11.9. The van der Waals surface area contributed by atoms with Crippen LogP contribution in [0.4, 0.5) is 0 Å². The van der Waals surface area contributed by atoms with Crippen molar-refractivity contribution >= 4 is 0 Å². The van der Waals surface area contributed by atoms with E-state index < -0.39 is 6.41 Å². The molecule has 1 heterocycles. The lowest BCUT2D eigenvalue weighted by Gasteiger charge is -2.26. The average molecular weight is 202 g/mol. The summed E-state index contributed by atoms with van der Waals surface area (Å²) in [5, 5.41) is 12.6. The molecule has 0 saturated carbocycles. The van der Waals surface area contributed by atoms with E-state index in [0.29, 0.717) is 6.04 Å². The number of rotatable bonds is 3. The zero-order chi connectivity index (χ0) is 10.8. The van der Waals surface area contributed by atoms with Crippen LogP contribution in [0.5, 0.6) is 0 Å². The van der Waals surface area contributed by atoms with Gasteiger partial charge in [-0.1, -0.05) is 0 Å². The van der Waals surface area contributed by atoms with E-state index in [9.17, 15) is 5.11 Å². The lowest BCUT2D eigenvalue weighted by molar-refractivity contribution is -0.185. The van der Waals surface area contributed by atoms with Crippen LogP contribution in [-0.4, -0.2) is 48.2 Å². The molecule has 84 valence electrons. The SMILES string of the molecule is CN1CCC(NC(O)OC(C)(C)C)C1. The molecule has 2 unspecified atom stereocenters. The molecule has 2 atom stereocenters. The molecule has 14 heavy (non-hydrogen) atoms. The molecule has 0 bridgehead atoms. The summed E-state index contributed by atoms with van der Waals surface area (Å²) in [5.41, 5.74) is -0.309. The quantitative estimate of drug-likeness (QED) is 0.649. The summed E-state index contributed by atoms with van der Waals surface area (Å²) in [6.45, 7) is 7.85. The highest BCUT2D eigenvalue weighted by atomic mass is 16.6. The molecule has 0 aromatic heterocycles. The molecule has 0 amide bonds. The van der Waals surface area contributed by atoms with Crippen molar-refractivity contribution in [1.29, 1.82) is 0 Å². The van der Waals surface area contributed by atoms with Crippen molar-refractivity contribution in [1.82, 2.24) is 10.2 Å². The van der Waals surface area contributed by atoms with Gasteiger partial charge in [-0.25, -0.2) is 0 Å². The summed E-state index contributed by atoms with van der Waals surface area (Å²) in [7, 11) is 2.08. The Bertz CT molecular complexity index is 179. The molecule has 1 aliphatic heterocycles. The summed E-state index contributed by atoms with van der Waals surface area (Å²) >= 11 is 0. The molecular formula is C10H22N2O2. The second kappa shape index (κ2) is 4.57. The van der Waals surface area contributed by atoms with Gasteiger partial charge in [0.25, 0.3) is 0 Å². The van der Waals surface area contributed by atoms with Gasteiger partial charge >= 0.3 is 0 Å². The minimum absolute atomic E-state index is 0.309. The molecule has 1 aliphatic rings. The molecule has 4 heteroatoms. The first-order chi connectivity index (χ1) is 6.37. The third-order valence-corrected chi connectivity index (χ3v) is 2.23. The zero-order valence-corrected chi connectivity index (χ0v) is 9.58. The van der Waals surface area contributed by atoms with E-state index in [2.05, 4.69) is 17.3 Å². The molecule has 0 aliphatic carbocycles. The molecule has 1 saturated heterocycles. The van der Waals surface area contributed by atoms with Gasteiger partial charge in [-0.15, -0.1) is 0 Å². The second-order valence-corrected chi connectivity index (χ2v) is 5.00. The summed E-state index contributed by atoms with van der Waals surface area (Å²) in [6.07, 6.45) is 0.215. The fourth-order valence-corrected chi connectivity index (χ4v) is 1.64. The smallest absolute Gasteiger partial charge is 0.214 e. The Labute approximate surface area is 86.2 Å². The Hall–Kier alpha value is -0.160. The number of likely N-dealkylation sites (N-methyl/N-ethyl adjacent to an activating group) is 1. The molecule has 0 radical (unpaired) electrons. The van der Waals surface area contributed by atoms with E-state index in [1.807, 2.05) is 20.8 Å². The van der Waals surface area contributed by atoms with Crippen molar-refractivity contribution in [2.24, 2.45) is 0 Å². The van der Waals surface area contributed by atoms with E-state index in [0.717, 1.165) is 19.5 Å². The highest BCUT2D eigenvalue weighted by Crippen LogP contribution is 2.11. The standard InChI is InChI=1S/C10H22N2O2/c1-10(2,3)14-9(13)11-8-5-6-12(4)7-8/h8-9,11,13H,5-7H2,1-4H3. The van der Waals surface area contributed by atoms with Gasteiger partial charge in [-0.2, -0.15) is 0 Å².